The first-order chi connectivity index (χ1) is 9.08. The smallest absolute Gasteiger partial charge is 0.255 e. The summed E-state index contributed by atoms with van der Waals surface area (Å²) >= 11 is 0. The number of carbonyl (C=O) groups excluding carboxylic acids is 2. The lowest BCUT2D eigenvalue weighted by molar-refractivity contribution is -0.121. The van der Waals surface area contributed by atoms with E-state index in [9.17, 15) is 14.7 Å². The van der Waals surface area contributed by atoms with Crippen molar-refractivity contribution in [2.24, 2.45) is 0 Å². The van der Waals surface area contributed by atoms with Gasteiger partial charge in [-0.25, -0.2) is 0 Å². The van der Waals surface area contributed by atoms with Crippen LogP contribution in [0.1, 0.15) is 28.8 Å². The second-order valence-electron chi connectivity index (χ2n) is 4.86. The first-order valence-electron chi connectivity index (χ1n) is 6.18. The molecule has 2 amide bonds. The van der Waals surface area contributed by atoms with E-state index >= 15 is 0 Å². The van der Waals surface area contributed by atoms with Crippen LogP contribution >= 0.6 is 0 Å². The lowest BCUT2D eigenvalue weighted by Crippen LogP contribution is -2.45. The van der Waals surface area contributed by atoms with Crippen LogP contribution in [0, 0.1) is 0 Å². The predicted molar refractivity (Wildman–Crippen MR) is 68.3 cm³/mol. The van der Waals surface area contributed by atoms with Crippen molar-refractivity contribution in [2.45, 2.75) is 25.4 Å². The summed E-state index contributed by atoms with van der Waals surface area (Å²) in [6.45, 7) is 4.18. The van der Waals surface area contributed by atoms with Crippen LogP contribution in [0.15, 0.2) is 30.5 Å². The van der Waals surface area contributed by atoms with Gasteiger partial charge in [0.15, 0.2) is 0 Å². The number of aromatic hydroxyl groups is 1. The molecule has 0 aliphatic carbocycles. The minimum absolute atomic E-state index is 0.0618. The van der Waals surface area contributed by atoms with Crippen molar-refractivity contribution in [1.82, 2.24) is 10.2 Å². The number of hydrogen-bond donors (Lipinski definition) is 2. The number of phenolic OH excluding ortho intramolecular Hbond substituents is 1. The number of carbonyl (C=O) groups is 2. The maximum atomic E-state index is 12.3. The molecule has 1 aromatic rings. The number of nitrogens with zero attached hydrogens (tertiary/aromatic N) is 1. The van der Waals surface area contributed by atoms with Crippen molar-refractivity contribution in [3.63, 3.8) is 0 Å². The summed E-state index contributed by atoms with van der Waals surface area (Å²) in [6, 6.07) is 4.75. The monoisotopic (exact) mass is 258 g/mol. The highest BCUT2D eigenvalue weighted by Gasteiger charge is 2.37. The van der Waals surface area contributed by atoms with Gasteiger partial charge in [0.25, 0.3) is 5.91 Å². The summed E-state index contributed by atoms with van der Waals surface area (Å²) in [6.07, 6.45) is 0.959. The molecule has 1 aromatic carbocycles. The molecule has 19 heavy (non-hydrogen) atoms. The third-order valence-corrected chi connectivity index (χ3v) is 3.69. The van der Waals surface area contributed by atoms with Gasteiger partial charge in [0.05, 0.1) is 12.6 Å². The minimum atomic E-state index is -0.197. The maximum Gasteiger partial charge on any atom is 0.255 e. The molecule has 2 aliphatic heterocycles. The Labute approximate surface area is 110 Å². The number of amides is 2. The standard InChI is InChI=1S/C14H14N2O3/c1-8-11(5-6-13(18)15-8)16-7-10-9(14(16)19)3-2-4-12(10)17/h2-4,11,17H,1,5-7H2,(H,15,18). The second-order valence-corrected chi connectivity index (χ2v) is 4.86. The zero-order chi connectivity index (χ0) is 13.6. The van der Waals surface area contributed by atoms with Gasteiger partial charge in [-0.1, -0.05) is 12.6 Å². The quantitative estimate of drug-likeness (QED) is 0.793. The third-order valence-electron chi connectivity index (χ3n) is 3.69. The van der Waals surface area contributed by atoms with Gasteiger partial charge < -0.3 is 15.3 Å². The van der Waals surface area contributed by atoms with Gasteiger partial charge in [0, 0.05) is 23.2 Å². The molecule has 2 aliphatic rings. The Morgan fingerprint density at radius 1 is 1.37 bits per heavy atom. The Morgan fingerprint density at radius 2 is 2.16 bits per heavy atom. The van der Waals surface area contributed by atoms with Crippen LogP contribution in [-0.4, -0.2) is 27.9 Å². The molecule has 1 unspecified atom stereocenters. The highest BCUT2D eigenvalue weighted by molar-refractivity contribution is 5.99. The molecule has 98 valence electrons. The van der Waals surface area contributed by atoms with Gasteiger partial charge in [-0.2, -0.15) is 0 Å². The first kappa shape index (κ1) is 11.8. The van der Waals surface area contributed by atoms with Crippen LogP contribution in [0.4, 0.5) is 0 Å². The van der Waals surface area contributed by atoms with E-state index in [1.807, 2.05) is 0 Å². The van der Waals surface area contributed by atoms with Gasteiger partial charge in [0.2, 0.25) is 5.91 Å². The van der Waals surface area contributed by atoms with E-state index in [0.717, 1.165) is 0 Å². The van der Waals surface area contributed by atoms with Crippen molar-refractivity contribution < 1.29 is 14.7 Å². The summed E-state index contributed by atoms with van der Waals surface area (Å²) in [5.41, 5.74) is 1.73. The molecule has 5 nitrogen and oxygen atoms in total. The first-order valence-corrected chi connectivity index (χ1v) is 6.18. The van der Waals surface area contributed by atoms with Crippen LogP contribution in [0.25, 0.3) is 0 Å². The number of benzene rings is 1. The van der Waals surface area contributed by atoms with Crippen molar-refractivity contribution in [1.29, 1.82) is 0 Å². The molecular formula is C14H14N2O3. The van der Waals surface area contributed by atoms with Gasteiger partial charge >= 0.3 is 0 Å². The largest absolute Gasteiger partial charge is 0.508 e. The number of phenols is 1. The van der Waals surface area contributed by atoms with E-state index in [1.165, 1.54) is 0 Å². The van der Waals surface area contributed by atoms with E-state index < -0.39 is 0 Å². The van der Waals surface area contributed by atoms with E-state index in [1.54, 1.807) is 23.1 Å². The van der Waals surface area contributed by atoms with Crippen molar-refractivity contribution >= 4 is 11.8 Å². The molecule has 0 aromatic heterocycles. The molecule has 0 saturated carbocycles. The summed E-state index contributed by atoms with van der Waals surface area (Å²) in [5, 5.41) is 12.5. The zero-order valence-electron chi connectivity index (χ0n) is 10.3. The number of nitrogens with one attached hydrogen (secondary N) is 1. The number of rotatable bonds is 1. The van der Waals surface area contributed by atoms with Gasteiger partial charge in [-0.15, -0.1) is 0 Å². The third kappa shape index (κ3) is 1.78. The van der Waals surface area contributed by atoms with Gasteiger partial charge in [-0.05, 0) is 18.6 Å². The molecule has 1 atom stereocenters. The molecule has 2 N–H and O–H groups in total. The fourth-order valence-electron chi connectivity index (χ4n) is 2.70. The number of piperidine rings is 1. The molecule has 2 heterocycles. The lowest BCUT2D eigenvalue weighted by atomic mass is 10.0. The van der Waals surface area contributed by atoms with Crippen LogP contribution in [0.3, 0.4) is 0 Å². The SMILES string of the molecule is C=C1NC(=O)CCC1N1Cc2c(O)cccc2C1=O. The van der Waals surface area contributed by atoms with E-state index in [0.29, 0.717) is 36.2 Å². The molecule has 3 rings (SSSR count). The Hall–Kier alpha value is -2.30. The van der Waals surface area contributed by atoms with Crippen LogP contribution in [0.2, 0.25) is 0 Å². The second kappa shape index (κ2) is 4.12. The van der Waals surface area contributed by atoms with E-state index in [2.05, 4.69) is 11.9 Å². The maximum absolute atomic E-state index is 12.3. The highest BCUT2D eigenvalue weighted by atomic mass is 16.3. The Balaban J connectivity index is 1.90. The summed E-state index contributed by atoms with van der Waals surface area (Å²) in [4.78, 5) is 25.3. The van der Waals surface area contributed by atoms with E-state index in [-0.39, 0.29) is 23.6 Å². The fraction of sp³-hybridized carbons (Fsp3) is 0.286. The Morgan fingerprint density at radius 3 is 2.84 bits per heavy atom. The van der Waals surface area contributed by atoms with Gasteiger partial charge in [0.1, 0.15) is 5.75 Å². The highest BCUT2D eigenvalue weighted by Crippen LogP contribution is 2.33. The minimum Gasteiger partial charge on any atom is -0.508 e. The average Bonchev–Trinajstić information content (AvgIpc) is 2.69. The van der Waals surface area contributed by atoms with Crippen molar-refractivity contribution in [3.05, 3.63) is 41.6 Å². The summed E-state index contributed by atoms with van der Waals surface area (Å²) in [5.74, 6) is -0.0414. The van der Waals surface area contributed by atoms with Crippen LogP contribution < -0.4 is 5.32 Å². The number of hydrogen-bond acceptors (Lipinski definition) is 3. The molecule has 1 saturated heterocycles. The lowest BCUT2D eigenvalue weighted by Gasteiger charge is -2.32. The van der Waals surface area contributed by atoms with E-state index in [4.69, 9.17) is 0 Å². The van der Waals surface area contributed by atoms with Crippen LogP contribution in [-0.2, 0) is 11.3 Å². The van der Waals surface area contributed by atoms with Gasteiger partial charge in [-0.3, -0.25) is 9.59 Å². The molecule has 0 radical (unpaired) electrons. The molecule has 1 fully saturated rings. The number of fused-ring (bicyclic) bond motifs is 1. The Kier molecular flexibility index (Phi) is 2.55. The van der Waals surface area contributed by atoms with Crippen LogP contribution in [0.5, 0.6) is 5.75 Å². The summed E-state index contributed by atoms with van der Waals surface area (Å²) < 4.78 is 0. The molecular weight excluding hydrogens is 244 g/mol. The molecule has 0 bridgehead atoms. The van der Waals surface area contributed by atoms with Crippen molar-refractivity contribution in [3.8, 4) is 5.75 Å². The molecule has 5 heteroatoms. The topological polar surface area (TPSA) is 69.6 Å². The predicted octanol–water partition coefficient (Wildman–Crippen LogP) is 1.14. The fourth-order valence-corrected chi connectivity index (χ4v) is 2.70. The zero-order valence-corrected chi connectivity index (χ0v) is 10.3. The average molecular weight is 258 g/mol. The Bertz CT molecular complexity index is 594. The van der Waals surface area contributed by atoms with Crippen molar-refractivity contribution in [2.75, 3.05) is 0 Å². The summed E-state index contributed by atoms with van der Waals surface area (Å²) in [7, 11) is 0. The normalized spacial score (nSPS) is 22.4. The molecule has 0 spiro atoms.